The lowest BCUT2D eigenvalue weighted by molar-refractivity contribution is -0.191. The summed E-state index contributed by atoms with van der Waals surface area (Å²) < 4.78 is 30.6. The molecule has 59 heavy (non-hydrogen) atoms. The largest absolute Gasteiger partial charge is 0.373 e. The van der Waals surface area contributed by atoms with Crippen molar-refractivity contribution in [1.29, 1.82) is 0 Å². The molecule has 0 bridgehead atoms. The van der Waals surface area contributed by atoms with Gasteiger partial charge < -0.3 is 9.80 Å². The van der Waals surface area contributed by atoms with E-state index in [4.69, 9.17) is 26.3 Å². The average molecular weight is 832 g/mol. The Morgan fingerprint density at radius 2 is 1.54 bits per heavy atom. The molecule has 0 radical (unpaired) electrons. The summed E-state index contributed by atoms with van der Waals surface area (Å²) in [6, 6.07) is 32.0. The van der Waals surface area contributed by atoms with Gasteiger partial charge in [-0.15, -0.1) is 0 Å². The summed E-state index contributed by atoms with van der Waals surface area (Å²) in [5, 5.41) is 6.41. The van der Waals surface area contributed by atoms with E-state index in [1.807, 2.05) is 60.7 Å². The normalized spacial score (nSPS) is 12.2. The number of halogens is 1. The molecule has 12 nitrogen and oxygen atoms in total. The molecule has 0 saturated heterocycles. The number of carbonyl (C=O) groups is 3. The Kier molecular flexibility index (Phi) is 13.2. The summed E-state index contributed by atoms with van der Waals surface area (Å²) in [4.78, 5) is 62.0. The third-order valence-electron chi connectivity index (χ3n) is 10.3. The predicted molar refractivity (Wildman–Crippen MR) is 224 cm³/mol. The first kappa shape index (κ1) is 42.2. The van der Waals surface area contributed by atoms with Crippen LogP contribution in [0.2, 0.25) is 5.02 Å². The molecule has 6 aromatic rings. The van der Waals surface area contributed by atoms with Crippen molar-refractivity contribution in [2.75, 3.05) is 18.0 Å². The topological polar surface area (TPSA) is 156 Å². The average Bonchev–Trinajstić information content (AvgIpc) is 3.55. The zero-order valence-electron chi connectivity index (χ0n) is 32.8. The van der Waals surface area contributed by atoms with Crippen molar-refractivity contribution in [2.24, 2.45) is 0 Å². The number of amides is 3. The van der Waals surface area contributed by atoms with E-state index in [2.05, 4.69) is 18.6 Å². The minimum absolute atomic E-state index is 0.0217. The Labute approximate surface area is 347 Å². The molecule has 0 spiro atoms. The first-order valence-corrected chi connectivity index (χ1v) is 21.0. The number of aryl methyl sites for hydroxylation is 1. The molecule has 0 unspecified atom stereocenters. The van der Waals surface area contributed by atoms with Gasteiger partial charge in [-0.2, -0.15) is 14.7 Å². The molecule has 0 fully saturated rings. The van der Waals surface area contributed by atoms with E-state index in [9.17, 15) is 22.8 Å². The first-order valence-electron chi connectivity index (χ1n) is 19.1. The van der Waals surface area contributed by atoms with Crippen LogP contribution in [0.5, 0.6) is 0 Å². The highest BCUT2D eigenvalue weighted by Crippen LogP contribution is 2.30. The van der Waals surface area contributed by atoms with Crippen molar-refractivity contribution in [1.82, 2.24) is 19.4 Å². The maximum atomic E-state index is 14.5. The van der Waals surface area contributed by atoms with Gasteiger partial charge in [0.05, 0.1) is 26.9 Å². The molecule has 2 heterocycles. The number of sulfonamides is 1. The van der Waals surface area contributed by atoms with Crippen LogP contribution < -0.4 is 9.62 Å². The molecule has 1 aliphatic heterocycles. The van der Waals surface area contributed by atoms with Gasteiger partial charge in [-0.25, -0.2) is 17.8 Å². The SMILES string of the molecule is CCCCN(C(=O)c1nn(-c2ccc(C(=O)NS(=O)(=O)c3ccc4ccccc4c3)cc2C(=O)N2CCc3ccccc3C2)c(C)c1Cl)c1ccc(CC)cc1.O=C=O. The molecule has 302 valence electrons. The molecule has 14 heteroatoms. The molecule has 0 saturated carbocycles. The fourth-order valence-corrected chi connectivity index (χ4v) is 8.21. The Bertz CT molecular complexity index is 2690. The quantitative estimate of drug-likeness (QED) is 0.139. The Morgan fingerprint density at radius 3 is 2.24 bits per heavy atom. The monoisotopic (exact) mass is 831 g/mol. The minimum atomic E-state index is -4.28. The van der Waals surface area contributed by atoms with Gasteiger partial charge in [-0.3, -0.25) is 14.4 Å². The standard InChI is InChI=1S/C44H42ClN5O5S.CO2/c1-4-6-24-49(36-19-15-30(5-2)16-20-36)44(53)41-40(45)29(3)50(46-41)39-22-18-34(27-38(39)43(52)48-25-23-32-12-8-10-14-35(32)28-48)42(51)47-56(54,55)37-21-17-31-11-7-9-13-33(31)26-37;2-1-3/h7-22,26-27H,4-6,23-25,28H2,1-3H3,(H,47,51);. The maximum Gasteiger partial charge on any atom is 0.373 e. The van der Waals surface area contributed by atoms with Gasteiger partial charge in [0.1, 0.15) is 0 Å². The van der Waals surface area contributed by atoms with Crippen molar-refractivity contribution in [3.05, 3.63) is 153 Å². The molecule has 1 aromatic heterocycles. The van der Waals surface area contributed by atoms with Crippen LogP contribution in [0.1, 0.15) is 80.3 Å². The maximum absolute atomic E-state index is 14.5. The molecular formula is C45H42ClN5O7S. The van der Waals surface area contributed by atoms with Crippen molar-refractivity contribution >= 4 is 62.0 Å². The van der Waals surface area contributed by atoms with Crippen molar-refractivity contribution in [3.8, 4) is 5.69 Å². The van der Waals surface area contributed by atoms with Crippen LogP contribution in [0.15, 0.2) is 114 Å². The van der Waals surface area contributed by atoms with Crippen LogP contribution in [0.25, 0.3) is 16.5 Å². The Balaban J connectivity index is 0.00000189. The smallest absolute Gasteiger partial charge is 0.334 e. The Hall–Kier alpha value is -6.40. The molecule has 1 N–H and O–H groups in total. The molecule has 1 aliphatic rings. The van der Waals surface area contributed by atoms with E-state index in [0.29, 0.717) is 37.1 Å². The van der Waals surface area contributed by atoms with Crippen molar-refractivity contribution in [3.63, 3.8) is 0 Å². The van der Waals surface area contributed by atoms with E-state index < -0.39 is 15.9 Å². The van der Waals surface area contributed by atoms with E-state index >= 15 is 0 Å². The number of hydrogen-bond donors (Lipinski definition) is 1. The van der Waals surface area contributed by atoms with Crippen LogP contribution >= 0.6 is 11.6 Å². The number of carbonyl (C=O) groups excluding carboxylic acids is 5. The van der Waals surface area contributed by atoms with Gasteiger partial charge in [0.2, 0.25) is 0 Å². The highest BCUT2D eigenvalue weighted by atomic mass is 35.5. The third-order valence-corrected chi connectivity index (χ3v) is 12.1. The number of nitrogens with zero attached hydrogens (tertiary/aromatic N) is 4. The summed E-state index contributed by atoms with van der Waals surface area (Å²) in [7, 11) is -4.28. The molecule has 3 amide bonds. The lowest BCUT2D eigenvalue weighted by atomic mass is 9.98. The number of nitrogens with one attached hydrogen (secondary N) is 1. The van der Waals surface area contributed by atoms with E-state index in [-0.39, 0.29) is 50.4 Å². The van der Waals surface area contributed by atoms with E-state index in [1.54, 1.807) is 34.9 Å². The first-order chi connectivity index (χ1) is 28.4. The van der Waals surface area contributed by atoms with Gasteiger partial charge in [0.25, 0.3) is 27.7 Å². The lowest BCUT2D eigenvalue weighted by Crippen LogP contribution is -2.37. The number of benzene rings is 5. The second kappa shape index (κ2) is 18.5. The number of aromatic nitrogens is 2. The molecule has 5 aromatic carbocycles. The van der Waals surface area contributed by atoms with Crippen LogP contribution in [0.4, 0.5) is 5.69 Å². The highest BCUT2D eigenvalue weighted by Gasteiger charge is 2.30. The van der Waals surface area contributed by atoms with Gasteiger partial charge in [0, 0.05) is 30.9 Å². The van der Waals surface area contributed by atoms with Gasteiger partial charge in [0.15, 0.2) is 5.69 Å². The minimum Gasteiger partial charge on any atom is -0.334 e. The fourth-order valence-electron chi connectivity index (χ4n) is 7.01. The molecule has 7 rings (SSSR count). The third kappa shape index (κ3) is 9.18. The molecule has 0 aliphatic carbocycles. The van der Waals surface area contributed by atoms with Crippen LogP contribution in [0.3, 0.4) is 0 Å². The zero-order chi connectivity index (χ0) is 42.3. The highest BCUT2D eigenvalue weighted by molar-refractivity contribution is 7.90. The number of rotatable bonds is 11. The second-order valence-electron chi connectivity index (χ2n) is 14.0. The number of hydrogen-bond acceptors (Lipinski definition) is 8. The number of anilines is 1. The van der Waals surface area contributed by atoms with Crippen molar-refractivity contribution in [2.45, 2.75) is 57.9 Å². The summed E-state index contributed by atoms with van der Waals surface area (Å²) in [5.74, 6) is -1.68. The molecule has 0 atom stereocenters. The van der Waals surface area contributed by atoms with Gasteiger partial charge in [-0.1, -0.05) is 98.6 Å². The van der Waals surface area contributed by atoms with Crippen LogP contribution in [-0.2, 0) is 39.0 Å². The molecular weight excluding hydrogens is 790 g/mol. The van der Waals surface area contributed by atoms with E-state index in [1.165, 1.54) is 35.0 Å². The van der Waals surface area contributed by atoms with Crippen LogP contribution in [0, 0.1) is 6.92 Å². The van der Waals surface area contributed by atoms with Gasteiger partial charge >= 0.3 is 6.15 Å². The predicted octanol–water partition coefficient (Wildman–Crippen LogP) is 7.73. The lowest BCUT2D eigenvalue weighted by Gasteiger charge is -2.29. The summed E-state index contributed by atoms with van der Waals surface area (Å²) in [5.41, 5.74) is 4.80. The Morgan fingerprint density at radius 1 is 0.864 bits per heavy atom. The van der Waals surface area contributed by atoms with E-state index in [0.717, 1.165) is 47.0 Å². The number of fused-ring (bicyclic) bond motifs is 2. The summed E-state index contributed by atoms with van der Waals surface area (Å²) in [6.45, 7) is 7.05. The summed E-state index contributed by atoms with van der Waals surface area (Å²) >= 11 is 6.90. The zero-order valence-corrected chi connectivity index (χ0v) is 34.3. The number of unbranched alkanes of at least 4 members (excludes halogenated alkanes) is 1. The van der Waals surface area contributed by atoms with Gasteiger partial charge in [-0.05, 0) is 96.1 Å². The fraction of sp³-hybridized carbons (Fsp3) is 0.222. The summed E-state index contributed by atoms with van der Waals surface area (Å²) in [6.07, 6.45) is 3.38. The second-order valence-corrected chi connectivity index (χ2v) is 16.1. The van der Waals surface area contributed by atoms with Crippen molar-refractivity contribution < 1.29 is 32.4 Å². The van der Waals surface area contributed by atoms with Crippen LogP contribution in [-0.4, -0.2) is 60.1 Å².